The van der Waals surface area contributed by atoms with Crippen molar-refractivity contribution in [3.63, 3.8) is 0 Å². The molecule has 0 aliphatic carbocycles. The number of hydrogen-bond donors (Lipinski definition) is 0. The molecule has 0 fully saturated rings. The van der Waals surface area contributed by atoms with Gasteiger partial charge in [0.1, 0.15) is 0 Å². The summed E-state index contributed by atoms with van der Waals surface area (Å²) in [5.74, 6) is -0.389. The van der Waals surface area contributed by atoms with E-state index in [1.165, 1.54) is 4.90 Å². The quantitative estimate of drug-likeness (QED) is 0.802. The summed E-state index contributed by atoms with van der Waals surface area (Å²) in [5, 5.41) is 0. The van der Waals surface area contributed by atoms with Gasteiger partial charge in [0.25, 0.3) is 11.8 Å². The molecular weight excluding hydrogens is 328 g/mol. The average Bonchev–Trinajstić information content (AvgIpc) is 3.15. The summed E-state index contributed by atoms with van der Waals surface area (Å²) in [6.45, 7) is 4.19. The number of imide groups is 1. The molecule has 2 aromatic carbocycles. The molecule has 2 aliphatic heterocycles. The zero-order valence-corrected chi connectivity index (χ0v) is 14.9. The third-order valence-electron chi connectivity index (χ3n) is 5.22. The van der Waals surface area contributed by atoms with Gasteiger partial charge in [-0.15, -0.1) is 0 Å². The van der Waals surface area contributed by atoms with Gasteiger partial charge in [0.15, 0.2) is 0 Å². The van der Waals surface area contributed by atoms with Gasteiger partial charge < -0.3 is 4.90 Å². The number of fused-ring (bicyclic) bond motifs is 2. The van der Waals surface area contributed by atoms with Gasteiger partial charge in [0, 0.05) is 25.2 Å². The first-order valence-electron chi connectivity index (χ1n) is 8.84. The normalized spacial score (nSPS) is 16.7. The molecule has 0 N–H and O–H groups in total. The van der Waals surface area contributed by atoms with Crippen LogP contribution >= 0.6 is 0 Å². The van der Waals surface area contributed by atoms with E-state index in [-0.39, 0.29) is 23.8 Å². The summed E-state index contributed by atoms with van der Waals surface area (Å²) in [6.07, 6.45) is 1.43. The lowest BCUT2D eigenvalue weighted by atomic mass is 10.0. The minimum atomic E-state index is -0.231. The van der Waals surface area contributed by atoms with Gasteiger partial charge in [-0.25, -0.2) is 0 Å². The van der Waals surface area contributed by atoms with Crippen molar-refractivity contribution < 1.29 is 14.4 Å². The molecule has 2 aromatic rings. The molecule has 132 valence electrons. The molecule has 26 heavy (non-hydrogen) atoms. The third kappa shape index (κ3) is 2.51. The molecule has 0 saturated carbocycles. The van der Waals surface area contributed by atoms with Crippen LogP contribution in [0.25, 0.3) is 0 Å². The molecular formula is C21H20N2O3. The number of hydrogen-bond acceptors (Lipinski definition) is 3. The molecule has 2 aliphatic rings. The van der Waals surface area contributed by atoms with Crippen LogP contribution in [0.2, 0.25) is 0 Å². The molecule has 1 unspecified atom stereocenters. The summed E-state index contributed by atoms with van der Waals surface area (Å²) in [4.78, 5) is 40.0. The number of benzene rings is 2. The monoisotopic (exact) mass is 348 g/mol. The first-order chi connectivity index (χ1) is 12.5. The van der Waals surface area contributed by atoms with Crippen LogP contribution in [0.15, 0.2) is 42.5 Å². The molecule has 0 bridgehead atoms. The summed E-state index contributed by atoms with van der Waals surface area (Å²) < 4.78 is 0. The molecule has 0 aromatic heterocycles. The van der Waals surface area contributed by atoms with Gasteiger partial charge in [-0.3, -0.25) is 19.3 Å². The van der Waals surface area contributed by atoms with E-state index in [9.17, 15) is 14.4 Å². The van der Waals surface area contributed by atoms with E-state index < -0.39 is 0 Å². The Bertz CT molecular complexity index is 900. The average molecular weight is 348 g/mol. The Morgan fingerprint density at radius 3 is 2.35 bits per heavy atom. The second kappa shape index (κ2) is 6.09. The Labute approximate surface area is 152 Å². The number of anilines is 1. The van der Waals surface area contributed by atoms with E-state index >= 15 is 0 Å². The predicted molar refractivity (Wildman–Crippen MR) is 98.3 cm³/mol. The molecule has 4 rings (SSSR count). The Kier molecular flexibility index (Phi) is 3.87. The number of nitrogens with zero attached hydrogens (tertiary/aromatic N) is 2. The van der Waals surface area contributed by atoms with E-state index in [2.05, 4.69) is 6.07 Å². The molecule has 2 heterocycles. The highest BCUT2D eigenvalue weighted by molar-refractivity contribution is 6.21. The predicted octanol–water partition coefficient (Wildman–Crippen LogP) is 2.82. The molecule has 0 saturated heterocycles. The zero-order valence-electron chi connectivity index (χ0n) is 14.9. The molecule has 0 radical (unpaired) electrons. The molecule has 5 nitrogen and oxygen atoms in total. The topological polar surface area (TPSA) is 57.7 Å². The van der Waals surface area contributed by atoms with Crippen LogP contribution in [0, 0.1) is 0 Å². The lowest BCUT2D eigenvalue weighted by Crippen LogP contribution is -2.39. The largest absolute Gasteiger partial charge is 0.312 e. The molecule has 5 heteroatoms. The Balaban J connectivity index is 1.55. The lowest BCUT2D eigenvalue weighted by Gasteiger charge is -2.23. The van der Waals surface area contributed by atoms with Crippen LogP contribution in [0.5, 0.6) is 0 Å². The highest BCUT2D eigenvalue weighted by atomic mass is 16.2. The summed E-state index contributed by atoms with van der Waals surface area (Å²) in [6, 6.07) is 12.8. The fraction of sp³-hybridized carbons (Fsp3) is 0.286. The van der Waals surface area contributed by atoms with Crippen LogP contribution in [0.4, 0.5) is 5.69 Å². The second-order valence-electron chi connectivity index (χ2n) is 6.96. The van der Waals surface area contributed by atoms with Crippen LogP contribution < -0.4 is 4.90 Å². The van der Waals surface area contributed by atoms with Crippen molar-refractivity contribution in [3.05, 3.63) is 64.7 Å². The highest BCUT2D eigenvalue weighted by Gasteiger charge is 2.38. The number of carbonyl (C=O) groups is 3. The zero-order chi connectivity index (χ0) is 18.4. The van der Waals surface area contributed by atoms with Crippen molar-refractivity contribution in [2.75, 3.05) is 11.4 Å². The van der Waals surface area contributed by atoms with Crippen LogP contribution in [0.1, 0.15) is 45.7 Å². The van der Waals surface area contributed by atoms with E-state index in [4.69, 9.17) is 0 Å². The maximum absolute atomic E-state index is 12.6. The van der Waals surface area contributed by atoms with E-state index in [1.54, 1.807) is 36.1 Å². The second-order valence-corrected chi connectivity index (χ2v) is 6.96. The number of carbonyl (C=O) groups excluding carboxylic acids is 3. The third-order valence-corrected chi connectivity index (χ3v) is 5.22. The van der Waals surface area contributed by atoms with E-state index in [0.717, 1.165) is 23.2 Å². The maximum atomic E-state index is 12.6. The minimum absolute atomic E-state index is 0.0518. The van der Waals surface area contributed by atoms with Crippen molar-refractivity contribution in [3.8, 4) is 0 Å². The van der Waals surface area contributed by atoms with Crippen molar-refractivity contribution in [1.29, 1.82) is 0 Å². The van der Waals surface area contributed by atoms with E-state index in [0.29, 0.717) is 24.1 Å². The fourth-order valence-corrected chi connectivity index (χ4v) is 3.95. The maximum Gasteiger partial charge on any atom is 0.261 e. The Morgan fingerprint density at radius 2 is 1.73 bits per heavy atom. The Hall–Kier alpha value is -2.95. The van der Waals surface area contributed by atoms with Crippen molar-refractivity contribution in [2.45, 2.75) is 32.7 Å². The van der Waals surface area contributed by atoms with Gasteiger partial charge in [0.2, 0.25) is 5.91 Å². The lowest BCUT2D eigenvalue weighted by molar-refractivity contribution is -0.116. The van der Waals surface area contributed by atoms with Crippen LogP contribution in [0.3, 0.4) is 0 Å². The van der Waals surface area contributed by atoms with Crippen LogP contribution in [-0.4, -0.2) is 35.2 Å². The van der Waals surface area contributed by atoms with Crippen molar-refractivity contribution in [2.24, 2.45) is 0 Å². The minimum Gasteiger partial charge on any atom is -0.312 e. The summed E-state index contributed by atoms with van der Waals surface area (Å²) in [5.41, 5.74) is 4.14. The first-order valence-corrected chi connectivity index (χ1v) is 8.84. The summed E-state index contributed by atoms with van der Waals surface area (Å²) in [7, 11) is 0. The van der Waals surface area contributed by atoms with Gasteiger partial charge in [-0.1, -0.05) is 24.3 Å². The highest BCUT2D eigenvalue weighted by Crippen LogP contribution is 2.30. The molecule has 0 spiro atoms. The smallest absolute Gasteiger partial charge is 0.261 e. The van der Waals surface area contributed by atoms with Crippen LogP contribution in [-0.2, 0) is 17.6 Å². The molecule has 3 amide bonds. The molecule has 1 atom stereocenters. The number of rotatable bonds is 3. The fourth-order valence-electron chi connectivity index (χ4n) is 3.95. The van der Waals surface area contributed by atoms with Crippen molar-refractivity contribution >= 4 is 23.4 Å². The Morgan fingerprint density at radius 1 is 1.08 bits per heavy atom. The van der Waals surface area contributed by atoms with Gasteiger partial charge >= 0.3 is 0 Å². The van der Waals surface area contributed by atoms with Gasteiger partial charge in [0.05, 0.1) is 11.1 Å². The van der Waals surface area contributed by atoms with Crippen molar-refractivity contribution in [1.82, 2.24) is 4.90 Å². The number of amides is 3. The van der Waals surface area contributed by atoms with Gasteiger partial charge in [-0.05, 0) is 49.1 Å². The first kappa shape index (κ1) is 16.5. The van der Waals surface area contributed by atoms with Gasteiger partial charge in [-0.2, -0.15) is 0 Å². The standard InChI is InChI=1S/C21H20N2O3/c1-13(23-20(25)17-5-3-4-6-18(17)21(23)26)11-15-7-8-19-16(12-15)9-10-22(19)14(2)24/h3-8,12-13H,9-11H2,1-2H3. The summed E-state index contributed by atoms with van der Waals surface area (Å²) >= 11 is 0. The SMILES string of the molecule is CC(=O)N1CCc2cc(CC(C)N3C(=O)c4ccccc4C3=O)ccc21. The van der Waals surface area contributed by atoms with E-state index in [1.807, 2.05) is 19.1 Å².